The Balaban J connectivity index is 4.39. The fourth-order valence-corrected chi connectivity index (χ4v) is 7.24. The lowest BCUT2D eigenvalue weighted by atomic mass is 10.1. The van der Waals surface area contributed by atoms with Crippen molar-refractivity contribution >= 4 is 17.9 Å². The summed E-state index contributed by atoms with van der Waals surface area (Å²) in [7, 11) is 0. The highest BCUT2D eigenvalue weighted by Gasteiger charge is 2.19. The molecular weight excluding hydrogens is 817 g/mol. The van der Waals surface area contributed by atoms with Gasteiger partial charge < -0.3 is 14.2 Å². The van der Waals surface area contributed by atoms with E-state index in [9.17, 15) is 14.4 Å². The van der Waals surface area contributed by atoms with Crippen molar-refractivity contribution in [3.05, 3.63) is 97.2 Å². The Bertz CT molecular complexity index is 1330. The second kappa shape index (κ2) is 53.9. The van der Waals surface area contributed by atoms with E-state index >= 15 is 0 Å². The van der Waals surface area contributed by atoms with Crippen LogP contribution < -0.4 is 0 Å². The van der Waals surface area contributed by atoms with Crippen LogP contribution in [0.5, 0.6) is 0 Å². The van der Waals surface area contributed by atoms with E-state index in [4.69, 9.17) is 14.2 Å². The first-order valence-corrected chi connectivity index (χ1v) is 27.2. The van der Waals surface area contributed by atoms with Crippen LogP contribution >= 0.6 is 0 Å². The van der Waals surface area contributed by atoms with Gasteiger partial charge in [-0.2, -0.15) is 0 Å². The summed E-state index contributed by atoms with van der Waals surface area (Å²) >= 11 is 0. The van der Waals surface area contributed by atoms with Crippen molar-refractivity contribution in [3.8, 4) is 0 Å². The number of unbranched alkanes of at least 4 members (excludes halogenated alkanes) is 21. The van der Waals surface area contributed by atoms with Crippen LogP contribution in [-0.4, -0.2) is 37.2 Å². The monoisotopic (exact) mass is 917 g/mol. The minimum absolute atomic E-state index is 0.0909. The first-order valence-electron chi connectivity index (χ1n) is 27.2. The molecular formula is C60H100O6. The Hall–Kier alpha value is -3.67. The molecule has 0 saturated heterocycles. The lowest BCUT2D eigenvalue weighted by Gasteiger charge is -2.18. The van der Waals surface area contributed by atoms with Crippen molar-refractivity contribution < 1.29 is 28.6 Å². The molecule has 0 aliphatic carbocycles. The molecule has 0 rings (SSSR count). The normalized spacial score (nSPS) is 12.8. The summed E-state index contributed by atoms with van der Waals surface area (Å²) in [6.07, 6.45) is 71.1. The van der Waals surface area contributed by atoms with Gasteiger partial charge in [-0.05, 0) is 103 Å². The van der Waals surface area contributed by atoms with Crippen LogP contribution in [0.3, 0.4) is 0 Å². The SMILES string of the molecule is CC/C=C\C/C=C\C/C=C\C/C=C\C/C=C\C/C=C\CCCCCCC(=O)OCC(COC(=O)CCCCCCCCCCCC)OC(=O)CCCCCCC/C=C\C/C=C\CCCCC. The molecule has 0 bridgehead atoms. The van der Waals surface area contributed by atoms with E-state index in [0.717, 1.165) is 135 Å². The maximum absolute atomic E-state index is 12.8. The van der Waals surface area contributed by atoms with E-state index in [1.165, 1.54) is 70.6 Å². The largest absolute Gasteiger partial charge is 0.462 e. The van der Waals surface area contributed by atoms with Crippen LogP contribution in [0.15, 0.2) is 97.2 Å². The van der Waals surface area contributed by atoms with Gasteiger partial charge in [-0.15, -0.1) is 0 Å². The van der Waals surface area contributed by atoms with E-state index in [1.807, 2.05) is 0 Å². The number of rotatable bonds is 48. The van der Waals surface area contributed by atoms with Crippen molar-refractivity contribution in [3.63, 3.8) is 0 Å². The maximum atomic E-state index is 12.8. The molecule has 0 aliphatic heterocycles. The lowest BCUT2D eigenvalue weighted by Crippen LogP contribution is -2.30. The Kier molecular flexibility index (Phi) is 50.9. The molecule has 0 heterocycles. The summed E-state index contributed by atoms with van der Waals surface area (Å²) in [6.45, 7) is 6.45. The number of allylic oxidation sites excluding steroid dienone is 16. The molecule has 6 heteroatoms. The van der Waals surface area contributed by atoms with Crippen molar-refractivity contribution in [2.75, 3.05) is 13.2 Å². The second-order valence-electron chi connectivity index (χ2n) is 17.8. The molecule has 0 N–H and O–H groups in total. The van der Waals surface area contributed by atoms with Gasteiger partial charge in [0.05, 0.1) is 0 Å². The molecule has 66 heavy (non-hydrogen) atoms. The van der Waals surface area contributed by atoms with Gasteiger partial charge in [-0.1, -0.05) is 221 Å². The summed E-state index contributed by atoms with van der Waals surface area (Å²) in [5.41, 5.74) is 0. The van der Waals surface area contributed by atoms with Gasteiger partial charge in [0.25, 0.3) is 0 Å². The van der Waals surface area contributed by atoms with E-state index in [1.54, 1.807) is 0 Å². The molecule has 1 unspecified atom stereocenters. The number of ether oxygens (including phenoxy) is 3. The van der Waals surface area contributed by atoms with E-state index in [2.05, 4.69) is 118 Å². The van der Waals surface area contributed by atoms with Gasteiger partial charge in [-0.25, -0.2) is 0 Å². The van der Waals surface area contributed by atoms with Crippen molar-refractivity contribution in [1.29, 1.82) is 0 Å². The highest BCUT2D eigenvalue weighted by atomic mass is 16.6. The maximum Gasteiger partial charge on any atom is 0.306 e. The molecule has 0 fully saturated rings. The van der Waals surface area contributed by atoms with Crippen LogP contribution in [0.2, 0.25) is 0 Å². The minimum atomic E-state index is -0.794. The Morgan fingerprint density at radius 1 is 0.318 bits per heavy atom. The quantitative estimate of drug-likeness (QED) is 0.0262. The molecule has 0 amide bonds. The standard InChI is InChI=1S/C60H100O6/c1-4-7-10-13-16-19-22-24-26-27-28-29-30-31-32-33-35-36-38-41-44-47-50-53-59(62)65-56-57(55-64-58(61)52-49-46-43-40-21-18-15-12-9-6-3)66-60(63)54-51-48-45-42-39-37-34-25-23-20-17-14-11-8-5-2/h7,10,16-17,19-20,24-26,28-29,31-32,34-36,57H,4-6,8-9,11-15,18,21-23,27,30,33,37-56H2,1-3H3/b10-7-,19-16-,20-17-,26-24-,29-28-,32-31-,34-25-,36-35-. The smallest absolute Gasteiger partial charge is 0.306 e. The molecule has 0 spiro atoms. The molecule has 0 aromatic carbocycles. The molecule has 1 atom stereocenters. The van der Waals surface area contributed by atoms with Crippen LogP contribution in [0.25, 0.3) is 0 Å². The van der Waals surface area contributed by atoms with E-state index in [-0.39, 0.29) is 31.1 Å². The number of carbonyl (C=O) groups is 3. The van der Waals surface area contributed by atoms with Gasteiger partial charge in [0.1, 0.15) is 13.2 Å². The second-order valence-corrected chi connectivity index (χ2v) is 17.8. The van der Waals surface area contributed by atoms with Crippen molar-refractivity contribution in [2.24, 2.45) is 0 Å². The van der Waals surface area contributed by atoms with Crippen LogP contribution in [0.1, 0.15) is 245 Å². The van der Waals surface area contributed by atoms with Gasteiger partial charge in [0.15, 0.2) is 6.10 Å². The zero-order chi connectivity index (χ0) is 47.9. The minimum Gasteiger partial charge on any atom is -0.462 e. The average molecular weight is 917 g/mol. The fraction of sp³-hybridized carbons (Fsp3) is 0.683. The lowest BCUT2D eigenvalue weighted by molar-refractivity contribution is -0.167. The van der Waals surface area contributed by atoms with Gasteiger partial charge >= 0.3 is 17.9 Å². The molecule has 376 valence electrons. The molecule has 0 saturated carbocycles. The summed E-state index contributed by atoms with van der Waals surface area (Å²) in [4.78, 5) is 38.0. The zero-order valence-corrected chi connectivity index (χ0v) is 42.9. The number of carbonyl (C=O) groups excluding carboxylic acids is 3. The van der Waals surface area contributed by atoms with Crippen molar-refractivity contribution in [2.45, 2.75) is 252 Å². The highest BCUT2D eigenvalue weighted by Crippen LogP contribution is 2.14. The van der Waals surface area contributed by atoms with Crippen molar-refractivity contribution in [1.82, 2.24) is 0 Å². The Morgan fingerprint density at radius 2 is 0.591 bits per heavy atom. The van der Waals surface area contributed by atoms with Crippen LogP contribution in [0, 0.1) is 0 Å². The third kappa shape index (κ3) is 51.3. The number of hydrogen-bond donors (Lipinski definition) is 0. The molecule has 6 nitrogen and oxygen atoms in total. The average Bonchev–Trinajstić information content (AvgIpc) is 3.31. The fourth-order valence-electron chi connectivity index (χ4n) is 7.24. The molecule has 0 radical (unpaired) electrons. The summed E-state index contributed by atoms with van der Waals surface area (Å²) in [5.74, 6) is -0.933. The highest BCUT2D eigenvalue weighted by molar-refractivity contribution is 5.71. The van der Waals surface area contributed by atoms with E-state index < -0.39 is 6.10 Å². The summed E-state index contributed by atoms with van der Waals surface area (Å²) in [6, 6.07) is 0. The van der Waals surface area contributed by atoms with Gasteiger partial charge in [0.2, 0.25) is 0 Å². The van der Waals surface area contributed by atoms with Gasteiger partial charge in [-0.3, -0.25) is 14.4 Å². The molecule has 0 aromatic heterocycles. The third-order valence-corrected chi connectivity index (χ3v) is 11.3. The van der Waals surface area contributed by atoms with Gasteiger partial charge in [0, 0.05) is 19.3 Å². The molecule has 0 aliphatic rings. The van der Waals surface area contributed by atoms with E-state index in [0.29, 0.717) is 19.3 Å². The number of hydrogen-bond acceptors (Lipinski definition) is 6. The summed E-state index contributed by atoms with van der Waals surface area (Å²) < 4.78 is 16.8. The third-order valence-electron chi connectivity index (χ3n) is 11.3. The number of esters is 3. The van der Waals surface area contributed by atoms with Crippen LogP contribution in [0.4, 0.5) is 0 Å². The Morgan fingerprint density at radius 3 is 0.955 bits per heavy atom. The Labute approximate surface area is 407 Å². The molecule has 0 aromatic rings. The topological polar surface area (TPSA) is 78.9 Å². The first-order chi connectivity index (χ1) is 32.5. The predicted octanol–water partition coefficient (Wildman–Crippen LogP) is 18.1. The zero-order valence-electron chi connectivity index (χ0n) is 42.9. The van der Waals surface area contributed by atoms with Crippen LogP contribution in [-0.2, 0) is 28.6 Å². The first kappa shape index (κ1) is 62.3. The predicted molar refractivity (Wildman–Crippen MR) is 284 cm³/mol. The summed E-state index contributed by atoms with van der Waals surface area (Å²) in [5, 5.41) is 0.